The minimum atomic E-state index is -0.595. The van der Waals surface area contributed by atoms with Crippen LogP contribution in [-0.2, 0) is 4.74 Å². The van der Waals surface area contributed by atoms with Crippen LogP contribution in [0.25, 0.3) is 0 Å². The number of hydrogen-bond donors (Lipinski definition) is 2. The molecule has 0 radical (unpaired) electrons. The zero-order valence-corrected chi connectivity index (χ0v) is 8.63. The summed E-state index contributed by atoms with van der Waals surface area (Å²) in [5.41, 5.74) is -0.545. The van der Waals surface area contributed by atoms with E-state index in [1.807, 2.05) is 6.07 Å². The molecule has 0 saturated heterocycles. The summed E-state index contributed by atoms with van der Waals surface area (Å²) in [5, 5.41) is 17.7. The Bertz CT molecular complexity index is 250. The summed E-state index contributed by atoms with van der Waals surface area (Å²) >= 11 is 0. The molecular weight excluding hydrogens is 182 g/mol. The minimum absolute atomic E-state index is 0.106. The summed E-state index contributed by atoms with van der Waals surface area (Å²) in [7, 11) is 0. The number of amides is 1. The van der Waals surface area contributed by atoms with Crippen molar-refractivity contribution in [3.8, 4) is 6.07 Å². The van der Waals surface area contributed by atoms with Crippen LogP contribution < -0.4 is 5.32 Å². The number of rotatable bonds is 3. The molecule has 0 saturated carbocycles. The van der Waals surface area contributed by atoms with Crippen LogP contribution in [0.1, 0.15) is 20.8 Å². The SMILES string of the molecule is CC(C)(C)OC(=O)NCC(C#N)C=N. The van der Waals surface area contributed by atoms with Gasteiger partial charge in [-0.25, -0.2) is 4.79 Å². The van der Waals surface area contributed by atoms with E-state index in [1.165, 1.54) is 0 Å². The molecule has 1 amide bonds. The van der Waals surface area contributed by atoms with Crippen LogP contribution in [0, 0.1) is 22.7 Å². The lowest BCUT2D eigenvalue weighted by Crippen LogP contribution is -2.35. The van der Waals surface area contributed by atoms with E-state index in [4.69, 9.17) is 15.4 Å². The summed E-state index contributed by atoms with van der Waals surface area (Å²) < 4.78 is 4.94. The quantitative estimate of drug-likeness (QED) is 0.668. The van der Waals surface area contributed by atoms with Crippen molar-refractivity contribution < 1.29 is 9.53 Å². The average molecular weight is 197 g/mol. The molecule has 0 aliphatic heterocycles. The number of nitriles is 1. The van der Waals surface area contributed by atoms with Gasteiger partial charge >= 0.3 is 6.09 Å². The number of alkyl carbamates (subject to hydrolysis) is 1. The van der Waals surface area contributed by atoms with Gasteiger partial charge in [-0.1, -0.05) is 0 Å². The summed E-state index contributed by atoms with van der Waals surface area (Å²) in [6.45, 7) is 5.37. The molecule has 14 heavy (non-hydrogen) atoms. The second-order valence-corrected chi connectivity index (χ2v) is 3.79. The monoisotopic (exact) mass is 197 g/mol. The molecular formula is C9H15N3O2. The van der Waals surface area contributed by atoms with Crippen LogP contribution in [0.4, 0.5) is 4.79 Å². The van der Waals surface area contributed by atoms with Crippen molar-refractivity contribution in [2.24, 2.45) is 5.92 Å². The van der Waals surface area contributed by atoms with Gasteiger partial charge in [0.05, 0.1) is 12.0 Å². The number of carbonyl (C=O) groups is 1. The Labute approximate surface area is 83.6 Å². The summed E-state index contributed by atoms with van der Waals surface area (Å²) in [6, 6.07) is 1.86. The van der Waals surface area contributed by atoms with Gasteiger partial charge < -0.3 is 15.5 Å². The van der Waals surface area contributed by atoms with E-state index in [0.717, 1.165) is 6.21 Å². The first-order valence-corrected chi connectivity index (χ1v) is 4.26. The largest absolute Gasteiger partial charge is 0.444 e. The smallest absolute Gasteiger partial charge is 0.407 e. The van der Waals surface area contributed by atoms with E-state index in [2.05, 4.69) is 5.32 Å². The normalized spacial score (nSPS) is 12.4. The first kappa shape index (κ1) is 12.4. The molecule has 0 spiro atoms. The lowest BCUT2D eigenvalue weighted by Gasteiger charge is -2.19. The number of ether oxygens (including phenoxy) is 1. The van der Waals surface area contributed by atoms with E-state index in [9.17, 15) is 4.79 Å². The number of nitrogens with one attached hydrogen (secondary N) is 2. The fourth-order valence-electron chi connectivity index (χ4n) is 0.649. The van der Waals surface area contributed by atoms with Crippen molar-refractivity contribution in [3.05, 3.63) is 0 Å². The molecule has 1 atom stereocenters. The molecule has 0 rings (SSSR count). The average Bonchev–Trinajstić information content (AvgIpc) is 2.03. The van der Waals surface area contributed by atoms with Gasteiger partial charge in [0.2, 0.25) is 0 Å². The Morgan fingerprint density at radius 1 is 1.71 bits per heavy atom. The van der Waals surface area contributed by atoms with Gasteiger partial charge in [-0.3, -0.25) is 0 Å². The molecule has 0 aromatic carbocycles. The predicted molar refractivity (Wildman–Crippen MR) is 52.1 cm³/mol. The topological polar surface area (TPSA) is 86.0 Å². The predicted octanol–water partition coefficient (Wildman–Crippen LogP) is 1.30. The first-order chi connectivity index (χ1) is 6.39. The standard InChI is InChI=1S/C9H15N3O2/c1-9(2,3)14-8(13)12-6-7(4-10)5-11/h4,7,10H,6H2,1-3H3,(H,12,13). The first-order valence-electron chi connectivity index (χ1n) is 4.26. The summed E-state index contributed by atoms with van der Waals surface area (Å²) in [6.07, 6.45) is 0.414. The molecule has 0 aliphatic rings. The minimum Gasteiger partial charge on any atom is -0.444 e. The third kappa shape index (κ3) is 6.00. The second-order valence-electron chi connectivity index (χ2n) is 3.79. The fourth-order valence-corrected chi connectivity index (χ4v) is 0.649. The van der Waals surface area contributed by atoms with Crippen molar-refractivity contribution in [2.75, 3.05) is 6.54 Å². The van der Waals surface area contributed by atoms with E-state index >= 15 is 0 Å². The Hall–Kier alpha value is -1.57. The van der Waals surface area contributed by atoms with Crippen molar-refractivity contribution >= 4 is 12.3 Å². The molecule has 0 heterocycles. The molecule has 0 aliphatic carbocycles. The molecule has 0 fully saturated rings. The van der Waals surface area contributed by atoms with Gasteiger partial charge in [0, 0.05) is 12.8 Å². The van der Waals surface area contributed by atoms with E-state index in [0.29, 0.717) is 0 Å². The maximum absolute atomic E-state index is 11.1. The highest BCUT2D eigenvalue weighted by molar-refractivity contribution is 5.69. The van der Waals surface area contributed by atoms with E-state index in [-0.39, 0.29) is 6.54 Å². The maximum Gasteiger partial charge on any atom is 0.407 e. The van der Waals surface area contributed by atoms with Crippen LogP contribution >= 0.6 is 0 Å². The number of hydrogen-bond acceptors (Lipinski definition) is 4. The highest BCUT2D eigenvalue weighted by atomic mass is 16.6. The molecule has 0 aromatic rings. The van der Waals surface area contributed by atoms with Crippen molar-refractivity contribution in [1.29, 1.82) is 10.7 Å². The van der Waals surface area contributed by atoms with Crippen LogP contribution in [0.3, 0.4) is 0 Å². The van der Waals surface area contributed by atoms with Crippen molar-refractivity contribution in [1.82, 2.24) is 5.32 Å². The van der Waals surface area contributed by atoms with Crippen LogP contribution in [0.5, 0.6) is 0 Å². The van der Waals surface area contributed by atoms with Gasteiger partial charge in [-0.2, -0.15) is 5.26 Å². The van der Waals surface area contributed by atoms with Crippen LogP contribution in [-0.4, -0.2) is 24.5 Å². The van der Waals surface area contributed by atoms with E-state index < -0.39 is 17.6 Å². The van der Waals surface area contributed by atoms with Gasteiger partial charge in [-0.05, 0) is 20.8 Å². The lowest BCUT2D eigenvalue weighted by molar-refractivity contribution is 0.0526. The van der Waals surface area contributed by atoms with Gasteiger partial charge in [0.15, 0.2) is 0 Å². The Morgan fingerprint density at radius 3 is 2.64 bits per heavy atom. The van der Waals surface area contributed by atoms with Crippen LogP contribution in [0.2, 0.25) is 0 Å². The molecule has 0 aromatic heterocycles. The highest BCUT2D eigenvalue weighted by Crippen LogP contribution is 2.06. The lowest BCUT2D eigenvalue weighted by atomic mass is 10.2. The van der Waals surface area contributed by atoms with Crippen LogP contribution in [0.15, 0.2) is 0 Å². The Kier molecular flexibility index (Phi) is 4.64. The molecule has 5 heteroatoms. The summed E-state index contributed by atoms with van der Waals surface area (Å²) in [4.78, 5) is 11.1. The van der Waals surface area contributed by atoms with Crippen molar-refractivity contribution in [2.45, 2.75) is 26.4 Å². The number of carbonyl (C=O) groups excluding carboxylic acids is 1. The zero-order valence-electron chi connectivity index (χ0n) is 8.63. The van der Waals surface area contributed by atoms with Gasteiger partial charge in [0.1, 0.15) is 5.60 Å². The van der Waals surface area contributed by atoms with Gasteiger partial charge in [-0.15, -0.1) is 0 Å². The summed E-state index contributed by atoms with van der Waals surface area (Å²) in [5.74, 6) is -0.595. The maximum atomic E-state index is 11.1. The van der Waals surface area contributed by atoms with Crippen molar-refractivity contribution in [3.63, 3.8) is 0 Å². The molecule has 78 valence electrons. The van der Waals surface area contributed by atoms with Gasteiger partial charge in [0.25, 0.3) is 0 Å². The molecule has 2 N–H and O–H groups in total. The third-order valence-corrected chi connectivity index (χ3v) is 1.23. The molecule has 0 bridgehead atoms. The molecule has 1 unspecified atom stereocenters. The Balaban J connectivity index is 3.87. The molecule has 5 nitrogen and oxygen atoms in total. The highest BCUT2D eigenvalue weighted by Gasteiger charge is 2.16. The third-order valence-electron chi connectivity index (χ3n) is 1.23. The van der Waals surface area contributed by atoms with E-state index in [1.54, 1.807) is 20.8 Å². The number of nitrogens with zero attached hydrogens (tertiary/aromatic N) is 1. The Morgan fingerprint density at radius 2 is 2.29 bits per heavy atom. The zero-order chi connectivity index (χ0) is 11.2. The fraction of sp³-hybridized carbons (Fsp3) is 0.667. The second kappa shape index (κ2) is 5.22.